The molecule has 0 unspecified atom stereocenters. The molecular weight excluding hydrogens is 522 g/mol. The number of benzene rings is 2. The van der Waals surface area contributed by atoms with Gasteiger partial charge in [0.05, 0.1) is 37.6 Å². The second-order valence-electron chi connectivity index (χ2n) is 11.0. The summed E-state index contributed by atoms with van der Waals surface area (Å²) in [6.07, 6.45) is 4.06. The molecule has 1 amide bonds. The van der Waals surface area contributed by atoms with Crippen molar-refractivity contribution in [3.63, 3.8) is 0 Å². The molecule has 0 radical (unpaired) electrons. The molecule has 3 aliphatic heterocycles. The highest BCUT2D eigenvalue weighted by Crippen LogP contribution is 2.42. The van der Waals surface area contributed by atoms with E-state index in [1.54, 1.807) is 18.3 Å². The van der Waals surface area contributed by atoms with E-state index in [4.69, 9.17) is 18.9 Å². The predicted molar refractivity (Wildman–Crippen MR) is 152 cm³/mol. The molecule has 9 heteroatoms. The minimum atomic E-state index is -0.570. The lowest BCUT2D eigenvalue weighted by molar-refractivity contribution is -0.278. The van der Waals surface area contributed by atoms with E-state index in [0.29, 0.717) is 24.5 Å². The van der Waals surface area contributed by atoms with Gasteiger partial charge in [0.15, 0.2) is 12.1 Å². The van der Waals surface area contributed by atoms with Crippen LogP contribution in [-0.2, 0) is 25.6 Å². The molecule has 2 N–H and O–H groups in total. The number of aromatic nitrogens is 1. The number of piperidine rings is 1. The monoisotopic (exact) mass is 559 g/mol. The first-order valence-electron chi connectivity index (χ1n) is 14.3. The number of aliphatic hydroxyl groups excluding tert-OH is 1. The molecule has 3 aromatic rings. The number of amides is 1. The number of anilines is 1. The van der Waals surface area contributed by atoms with Gasteiger partial charge in [-0.15, -0.1) is 0 Å². The fraction of sp³-hybridized carbons (Fsp3) is 0.438. The Morgan fingerprint density at radius 2 is 1.71 bits per heavy atom. The normalized spacial score (nSPS) is 26.2. The van der Waals surface area contributed by atoms with Gasteiger partial charge in [-0.25, -0.2) is 0 Å². The van der Waals surface area contributed by atoms with Crippen LogP contribution in [0.4, 0.5) is 5.69 Å². The summed E-state index contributed by atoms with van der Waals surface area (Å²) in [4.78, 5) is 19.0. The van der Waals surface area contributed by atoms with Crippen molar-refractivity contribution in [2.75, 3.05) is 38.2 Å². The van der Waals surface area contributed by atoms with Crippen LogP contribution in [0, 0.1) is 5.92 Å². The van der Waals surface area contributed by atoms with Crippen molar-refractivity contribution in [3.05, 3.63) is 95.3 Å². The Morgan fingerprint density at radius 1 is 1.00 bits per heavy atom. The van der Waals surface area contributed by atoms with E-state index < -0.39 is 12.1 Å². The van der Waals surface area contributed by atoms with Crippen LogP contribution in [-0.4, -0.2) is 65.6 Å². The molecule has 4 atom stereocenters. The molecule has 216 valence electrons. The van der Waals surface area contributed by atoms with Crippen LogP contribution in [0.5, 0.6) is 0 Å². The van der Waals surface area contributed by atoms with E-state index in [9.17, 15) is 9.90 Å². The van der Waals surface area contributed by atoms with Gasteiger partial charge in [0.2, 0.25) is 0 Å². The van der Waals surface area contributed by atoms with E-state index in [1.807, 2.05) is 48.5 Å². The maximum Gasteiger partial charge on any atom is 0.257 e. The average Bonchev–Trinajstić information content (AvgIpc) is 3.48. The summed E-state index contributed by atoms with van der Waals surface area (Å²) in [7, 11) is 0. The molecule has 1 spiro atoms. The van der Waals surface area contributed by atoms with Crippen molar-refractivity contribution in [2.24, 2.45) is 5.92 Å². The molecule has 0 saturated carbocycles. The Hall–Kier alpha value is -3.18. The molecule has 4 heterocycles. The summed E-state index contributed by atoms with van der Waals surface area (Å²) in [5.74, 6) is -0.529. The standard InChI is InChI=1S/C32H37N3O6/c1-22-28(20-35-15-12-32(13-16-35)38-17-18-39-32)40-31(41-29(22)24-6-4-23(21-36)5-7-24)25-8-10-27(11-9-25)34-30(37)26-3-2-14-33-19-26/h2-11,14,19,22,28-29,31,36H,12-13,15-18,20-21H2,1H3,(H,34,37)/t22-,28+,29+,31+/m1/s1. The quantitative estimate of drug-likeness (QED) is 0.438. The molecule has 9 nitrogen and oxygen atoms in total. The summed E-state index contributed by atoms with van der Waals surface area (Å²) >= 11 is 0. The van der Waals surface area contributed by atoms with Gasteiger partial charge in [-0.1, -0.05) is 43.3 Å². The first-order valence-corrected chi connectivity index (χ1v) is 14.3. The van der Waals surface area contributed by atoms with Gasteiger partial charge < -0.3 is 34.3 Å². The number of aliphatic hydroxyl groups is 1. The second kappa shape index (κ2) is 12.4. The van der Waals surface area contributed by atoms with Crippen molar-refractivity contribution in [1.82, 2.24) is 9.88 Å². The van der Waals surface area contributed by atoms with Crippen LogP contribution in [0.25, 0.3) is 0 Å². The number of carbonyl (C=O) groups is 1. The van der Waals surface area contributed by atoms with Crippen LogP contribution in [0.2, 0.25) is 0 Å². The number of ether oxygens (including phenoxy) is 4. The molecule has 1 aromatic heterocycles. The van der Waals surface area contributed by atoms with Crippen molar-refractivity contribution in [2.45, 2.75) is 50.7 Å². The number of likely N-dealkylation sites (tertiary alicyclic amines) is 1. The Labute approximate surface area is 240 Å². The van der Waals surface area contributed by atoms with E-state index in [0.717, 1.165) is 49.2 Å². The third kappa shape index (κ3) is 6.35. The number of nitrogens with one attached hydrogen (secondary N) is 1. The third-order valence-electron chi connectivity index (χ3n) is 8.36. The van der Waals surface area contributed by atoms with Gasteiger partial charge in [-0.05, 0) is 35.4 Å². The van der Waals surface area contributed by atoms with Crippen molar-refractivity contribution in [3.8, 4) is 0 Å². The Morgan fingerprint density at radius 3 is 2.37 bits per heavy atom. The zero-order valence-corrected chi connectivity index (χ0v) is 23.3. The van der Waals surface area contributed by atoms with Gasteiger partial charge in [-0.2, -0.15) is 0 Å². The van der Waals surface area contributed by atoms with E-state index in [2.05, 4.69) is 22.1 Å². The maximum absolute atomic E-state index is 12.6. The molecule has 0 aliphatic carbocycles. The van der Waals surface area contributed by atoms with Crippen LogP contribution in [0.1, 0.15) is 59.2 Å². The minimum absolute atomic E-state index is 0.00324. The summed E-state index contributed by atoms with van der Waals surface area (Å²) < 4.78 is 25.1. The van der Waals surface area contributed by atoms with Crippen LogP contribution >= 0.6 is 0 Å². The Balaban J connectivity index is 1.18. The fourth-order valence-electron chi connectivity index (χ4n) is 5.87. The highest BCUT2D eigenvalue weighted by Gasteiger charge is 2.43. The zero-order valence-electron chi connectivity index (χ0n) is 23.3. The summed E-state index contributed by atoms with van der Waals surface area (Å²) in [5.41, 5.74) is 3.97. The molecule has 3 saturated heterocycles. The number of pyridine rings is 1. The third-order valence-corrected chi connectivity index (χ3v) is 8.36. The summed E-state index contributed by atoms with van der Waals surface area (Å²) in [6, 6.07) is 19.0. The molecule has 3 fully saturated rings. The maximum atomic E-state index is 12.6. The highest BCUT2D eigenvalue weighted by atomic mass is 16.7. The molecule has 3 aliphatic rings. The van der Waals surface area contributed by atoms with Gasteiger partial charge in [0.25, 0.3) is 5.91 Å². The number of hydrogen-bond acceptors (Lipinski definition) is 8. The summed E-state index contributed by atoms with van der Waals surface area (Å²) in [5, 5.41) is 12.4. The predicted octanol–water partition coefficient (Wildman–Crippen LogP) is 4.46. The van der Waals surface area contributed by atoms with Crippen LogP contribution < -0.4 is 5.32 Å². The molecule has 6 rings (SSSR count). The van der Waals surface area contributed by atoms with Gasteiger partial charge >= 0.3 is 0 Å². The van der Waals surface area contributed by atoms with E-state index in [1.165, 1.54) is 6.20 Å². The molecule has 41 heavy (non-hydrogen) atoms. The number of hydrogen-bond donors (Lipinski definition) is 2. The van der Waals surface area contributed by atoms with Crippen molar-refractivity contribution in [1.29, 1.82) is 0 Å². The van der Waals surface area contributed by atoms with Crippen molar-refractivity contribution >= 4 is 11.6 Å². The topological polar surface area (TPSA) is 102 Å². The van der Waals surface area contributed by atoms with Gasteiger partial charge in [0, 0.05) is 62.0 Å². The number of rotatable bonds is 7. The smallest absolute Gasteiger partial charge is 0.257 e. The van der Waals surface area contributed by atoms with Gasteiger partial charge in [0.1, 0.15) is 0 Å². The fourth-order valence-corrected chi connectivity index (χ4v) is 5.87. The first kappa shape index (κ1) is 28.0. The number of carbonyl (C=O) groups excluding carboxylic acids is 1. The highest BCUT2D eigenvalue weighted by molar-refractivity contribution is 6.04. The molecular formula is C32H37N3O6. The second-order valence-corrected chi connectivity index (χ2v) is 11.0. The van der Waals surface area contributed by atoms with Crippen molar-refractivity contribution < 1.29 is 28.8 Å². The largest absolute Gasteiger partial charge is 0.392 e. The van der Waals surface area contributed by atoms with Gasteiger partial charge in [-0.3, -0.25) is 9.78 Å². The van der Waals surface area contributed by atoms with E-state index >= 15 is 0 Å². The molecule has 0 bridgehead atoms. The first-order chi connectivity index (χ1) is 20.0. The van der Waals surface area contributed by atoms with E-state index in [-0.39, 0.29) is 30.6 Å². The Bertz CT molecular complexity index is 1290. The van der Waals surface area contributed by atoms with Crippen LogP contribution in [0.15, 0.2) is 73.1 Å². The summed E-state index contributed by atoms with van der Waals surface area (Å²) in [6.45, 7) is 6.08. The lowest BCUT2D eigenvalue weighted by Gasteiger charge is -2.44. The average molecular weight is 560 g/mol. The SMILES string of the molecule is C[C@@H]1[C@H](CN2CCC3(CC2)OCCO3)O[C@H](c2ccc(NC(=O)c3cccnc3)cc2)O[C@@H]1c1ccc(CO)cc1. The minimum Gasteiger partial charge on any atom is -0.392 e. The number of nitrogens with zero attached hydrogens (tertiary/aromatic N) is 2. The van der Waals surface area contributed by atoms with Crippen LogP contribution in [0.3, 0.4) is 0 Å². The lowest BCUT2D eigenvalue weighted by Crippen LogP contribution is -2.50. The Kier molecular flexibility index (Phi) is 8.43. The molecule has 2 aromatic carbocycles. The lowest BCUT2D eigenvalue weighted by atomic mass is 9.89. The zero-order chi connectivity index (χ0) is 28.2.